The summed E-state index contributed by atoms with van der Waals surface area (Å²) in [7, 11) is 0. The third-order valence-electron chi connectivity index (χ3n) is 3.56. The summed E-state index contributed by atoms with van der Waals surface area (Å²) in [5.74, 6) is 0.310. The summed E-state index contributed by atoms with van der Waals surface area (Å²) in [6.45, 7) is 2.52. The Morgan fingerprint density at radius 1 is 1.12 bits per heavy atom. The predicted octanol–water partition coefficient (Wildman–Crippen LogP) is 3.81. The highest BCUT2D eigenvalue weighted by Gasteiger charge is 2.10. The summed E-state index contributed by atoms with van der Waals surface area (Å²) in [6.07, 6.45) is 4.84. The van der Waals surface area contributed by atoms with Crippen LogP contribution in [0.3, 0.4) is 0 Å². The Kier molecular flexibility index (Phi) is 5.35. The van der Waals surface area contributed by atoms with Crippen LogP contribution in [0.2, 0.25) is 0 Å². The van der Waals surface area contributed by atoms with E-state index in [-0.39, 0.29) is 5.91 Å². The second-order valence-corrected chi connectivity index (χ2v) is 6.33. The molecule has 126 valence electrons. The van der Waals surface area contributed by atoms with Gasteiger partial charge in [0.15, 0.2) is 0 Å². The van der Waals surface area contributed by atoms with Crippen LogP contribution in [0, 0.1) is 6.92 Å². The number of carbonyl (C=O) groups excluding carboxylic acids is 1. The van der Waals surface area contributed by atoms with E-state index in [0.717, 1.165) is 21.3 Å². The van der Waals surface area contributed by atoms with E-state index in [0.29, 0.717) is 18.1 Å². The summed E-state index contributed by atoms with van der Waals surface area (Å²) in [5, 5.41) is 6.04. The monoisotopic (exact) mass is 397 g/mol. The third kappa shape index (κ3) is 4.60. The Labute approximate surface area is 153 Å². The van der Waals surface area contributed by atoms with Gasteiger partial charge in [0.2, 0.25) is 0 Å². The Morgan fingerprint density at radius 2 is 1.92 bits per heavy atom. The van der Waals surface area contributed by atoms with Crippen molar-refractivity contribution in [1.82, 2.24) is 15.0 Å². The summed E-state index contributed by atoms with van der Waals surface area (Å²) in [6, 6.07) is 11.1. The second kappa shape index (κ2) is 7.85. The maximum Gasteiger partial charge on any atom is 0.274 e. The van der Waals surface area contributed by atoms with E-state index in [9.17, 15) is 4.79 Å². The number of hydrogen-bond donors (Lipinski definition) is 2. The maximum absolute atomic E-state index is 12.4. The van der Waals surface area contributed by atoms with Crippen molar-refractivity contribution in [2.24, 2.45) is 0 Å². The molecule has 0 aliphatic rings. The van der Waals surface area contributed by atoms with E-state index in [2.05, 4.69) is 41.5 Å². The predicted molar refractivity (Wildman–Crippen MR) is 100 cm³/mol. The minimum atomic E-state index is -0.278. The number of halogens is 1. The summed E-state index contributed by atoms with van der Waals surface area (Å²) in [5.41, 5.74) is 3.09. The number of aromatic nitrogens is 3. The van der Waals surface area contributed by atoms with Crippen LogP contribution in [0.1, 0.15) is 21.6 Å². The van der Waals surface area contributed by atoms with Gasteiger partial charge in [0.1, 0.15) is 17.8 Å². The molecule has 2 heterocycles. The highest BCUT2D eigenvalue weighted by atomic mass is 79.9. The molecule has 3 aromatic rings. The molecule has 1 amide bonds. The van der Waals surface area contributed by atoms with Gasteiger partial charge in [-0.05, 0) is 48.4 Å². The number of carbonyl (C=O) groups is 1. The summed E-state index contributed by atoms with van der Waals surface area (Å²) >= 11 is 3.41. The fourth-order valence-corrected chi connectivity index (χ4v) is 2.70. The molecular formula is C18H16BrN5O. The number of rotatable bonds is 5. The lowest BCUT2D eigenvalue weighted by Gasteiger charge is -2.09. The van der Waals surface area contributed by atoms with Crippen LogP contribution in [0.4, 0.5) is 11.5 Å². The average molecular weight is 398 g/mol. The Balaban J connectivity index is 1.69. The van der Waals surface area contributed by atoms with E-state index in [1.807, 2.05) is 37.3 Å². The van der Waals surface area contributed by atoms with Gasteiger partial charge >= 0.3 is 0 Å². The zero-order valence-electron chi connectivity index (χ0n) is 13.5. The third-order valence-corrected chi connectivity index (χ3v) is 4.05. The van der Waals surface area contributed by atoms with Gasteiger partial charge in [-0.3, -0.25) is 9.78 Å². The minimum absolute atomic E-state index is 0.278. The van der Waals surface area contributed by atoms with Gasteiger partial charge in [-0.2, -0.15) is 0 Å². The molecule has 0 saturated heterocycles. The van der Waals surface area contributed by atoms with E-state index >= 15 is 0 Å². The number of nitrogens with one attached hydrogen (secondary N) is 2. The molecule has 0 saturated carbocycles. The van der Waals surface area contributed by atoms with Gasteiger partial charge in [0, 0.05) is 35.2 Å². The van der Waals surface area contributed by atoms with Crippen LogP contribution >= 0.6 is 15.9 Å². The Bertz CT molecular complexity index is 886. The van der Waals surface area contributed by atoms with Crippen LogP contribution < -0.4 is 10.6 Å². The van der Waals surface area contributed by atoms with Gasteiger partial charge < -0.3 is 10.6 Å². The molecule has 2 aromatic heterocycles. The largest absolute Gasteiger partial charge is 0.366 e. The van der Waals surface area contributed by atoms with Crippen molar-refractivity contribution in [3.8, 4) is 0 Å². The number of pyridine rings is 1. The van der Waals surface area contributed by atoms with Crippen LogP contribution in [0.15, 0.2) is 59.6 Å². The van der Waals surface area contributed by atoms with E-state index in [1.54, 1.807) is 18.5 Å². The van der Waals surface area contributed by atoms with Crippen molar-refractivity contribution in [2.45, 2.75) is 13.5 Å². The topological polar surface area (TPSA) is 79.8 Å². The zero-order valence-corrected chi connectivity index (χ0v) is 15.1. The van der Waals surface area contributed by atoms with Crippen molar-refractivity contribution in [3.05, 3.63) is 76.4 Å². The van der Waals surface area contributed by atoms with Gasteiger partial charge in [0.05, 0.1) is 0 Å². The zero-order chi connectivity index (χ0) is 17.6. The fourth-order valence-electron chi connectivity index (χ4n) is 2.23. The lowest BCUT2D eigenvalue weighted by Crippen LogP contribution is -2.15. The number of anilines is 2. The normalized spacial score (nSPS) is 10.3. The molecule has 0 atom stereocenters. The van der Waals surface area contributed by atoms with Gasteiger partial charge in [-0.25, -0.2) is 9.97 Å². The molecule has 6 nitrogen and oxygen atoms in total. The maximum atomic E-state index is 12.4. The SMILES string of the molecule is Cc1cc(Br)ccc1NC(=O)c1cc(NCc2ccncc2)ncn1. The van der Waals surface area contributed by atoms with E-state index in [4.69, 9.17) is 0 Å². The van der Waals surface area contributed by atoms with Crippen molar-refractivity contribution < 1.29 is 4.79 Å². The lowest BCUT2D eigenvalue weighted by molar-refractivity contribution is 0.102. The molecule has 0 aliphatic heterocycles. The molecule has 2 N–H and O–H groups in total. The number of amides is 1. The number of benzene rings is 1. The highest BCUT2D eigenvalue weighted by Crippen LogP contribution is 2.20. The molecular weight excluding hydrogens is 382 g/mol. The first-order valence-corrected chi connectivity index (χ1v) is 8.43. The Morgan fingerprint density at radius 3 is 2.68 bits per heavy atom. The lowest BCUT2D eigenvalue weighted by atomic mass is 10.2. The van der Waals surface area contributed by atoms with Gasteiger partial charge in [-0.15, -0.1) is 0 Å². The molecule has 0 bridgehead atoms. The average Bonchev–Trinajstić information content (AvgIpc) is 2.63. The summed E-state index contributed by atoms with van der Waals surface area (Å²) < 4.78 is 0.965. The molecule has 0 unspecified atom stereocenters. The molecule has 25 heavy (non-hydrogen) atoms. The number of aryl methyl sites for hydroxylation is 1. The van der Waals surface area contributed by atoms with Crippen molar-refractivity contribution in [3.63, 3.8) is 0 Å². The molecule has 7 heteroatoms. The quantitative estimate of drug-likeness (QED) is 0.684. The van der Waals surface area contributed by atoms with Crippen molar-refractivity contribution >= 4 is 33.3 Å². The molecule has 3 rings (SSSR count). The molecule has 0 radical (unpaired) electrons. The Hall–Kier alpha value is -2.80. The van der Waals surface area contributed by atoms with Crippen LogP contribution in [0.25, 0.3) is 0 Å². The van der Waals surface area contributed by atoms with Gasteiger partial charge in [0.25, 0.3) is 5.91 Å². The van der Waals surface area contributed by atoms with E-state index in [1.165, 1.54) is 6.33 Å². The number of nitrogens with zero attached hydrogens (tertiary/aromatic N) is 3. The van der Waals surface area contributed by atoms with Crippen molar-refractivity contribution in [1.29, 1.82) is 0 Å². The number of hydrogen-bond acceptors (Lipinski definition) is 5. The summed E-state index contributed by atoms with van der Waals surface area (Å²) in [4.78, 5) is 24.6. The van der Waals surface area contributed by atoms with Crippen LogP contribution in [0.5, 0.6) is 0 Å². The molecule has 0 aliphatic carbocycles. The molecule has 0 fully saturated rings. The van der Waals surface area contributed by atoms with Crippen LogP contribution in [-0.4, -0.2) is 20.9 Å². The first-order chi connectivity index (χ1) is 12.1. The standard InChI is InChI=1S/C18H16BrN5O/c1-12-8-14(19)2-3-15(12)24-18(25)16-9-17(23-11-22-16)21-10-13-4-6-20-7-5-13/h2-9,11H,10H2,1H3,(H,24,25)(H,21,22,23). The second-order valence-electron chi connectivity index (χ2n) is 5.41. The molecule has 1 aromatic carbocycles. The first kappa shape index (κ1) is 17.0. The highest BCUT2D eigenvalue weighted by molar-refractivity contribution is 9.10. The minimum Gasteiger partial charge on any atom is -0.366 e. The smallest absolute Gasteiger partial charge is 0.274 e. The first-order valence-electron chi connectivity index (χ1n) is 7.64. The van der Waals surface area contributed by atoms with E-state index < -0.39 is 0 Å². The molecule has 0 spiro atoms. The van der Waals surface area contributed by atoms with Crippen LogP contribution in [-0.2, 0) is 6.54 Å². The van der Waals surface area contributed by atoms with Gasteiger partial charge in [-0.1, -0.05) is 15.9 Å². The fraction of sp³-hybridized carbons (Fsp3) is 0.111. The van der Waals surface area contributed by atoms with Crippen molar-refractivity contribution in [2.75, 3.05) is 10.6 Å².